The lowest BCUT2D eigenvalue weighted by Crippen LogP contribution is -2.14. The van der Waals surface area contributed by atoms with Gasteiger partial charge in [0.2, 0.25) is 0 Å². The van der Waals surface area contributed by atoms with Gasteiger partial charge in [0.05, 0.1) is 25.6 Å². The van der Waals surface area contributed by atoms with Gasteiger partial charge in [0.15, 0.2) is 0 Å². The molecule has 0 saturated carbocycles. The van der Waals surface area contributed by atoms with E-state index < -0.39 is 10.0 Å². The Labute approximate surface area is 123 Å². The summed E-state index contributed by atoms with van der Waals surface area (Å²) in [5, 5.41) is 9.08. The highest BCUT2D eigenvalue weighted by Crippen LogP contribution is 2.26. The highest BCUT2D eigenvalue weighted by molar-refractivity contribution is 7.92. The smallest absolute Gasteiger partial charge is 0.265 e. The van der Waals surface area contributed by atoms with Crippen molar-refractivity contribution in [3.63, 3.8) is 0 Å². The van der Waals surface area contributed by atoms with Gasteiger partial charge in [-0.2, -0.15) is 0 Å². The highest BCUT2D eigenvalue weighted by atomic mass is 32.2. The molecule has 1 heterocycles. The van der Waals surface area contributed by atoms with Gasteiger partial charge < -0.3 is 9.84 Å². The third kappa shape index (κ3) is 3.50. The van der Waals surface area contributed by atoms with E-state index in [-0.39, 0.29) is 17.3 Å². The van der Waals surface area contributed by atoms with Crippen LogP contribution in [0.3, 0.4) is 0 Å². The molecule has 0 amide bonds. The van der Waals surface area contributed by atoms with Crippen LogP contribution in [-0.4, -0.2) is 25.6 Å². The summed E-state index contributed by atoms with van der Waals surface area (Å²) in [4.78, 5) is 4.04. The van der Waals surface area contributed by atoms with Crippen LogP contribution in [0, 0.1) is 6.92 Å². The first-order valence-corrected chi connectivity index (χ1v) is 7.68. The Balaban J connectivity index is 2.37. The quantitative estimate of drug-likeness (QED) is 0.877. The summed E-state index contributed by atoms with van der Waals surface area (Å²) in [7, 11) is -2.41. The molecule has 0 atom stereocenters. The third-order valence-electron chi connectivity index (χ3n) is 2.86. The SMILES string of the molecule is COc1cc(CO)ccc1S(=O)(=O)Nc1ccc(C)nc1. The zero-order chi connectivity index (χ0) is 15.5. The second kappa shape index (κ2) is 6.11. The monoisotopic (exact) mass is 308 g/mol. The van der Waals surface area contributed by atoms with E-state index in [9.17, 15) is 8.42 Å². The minimum atomic E-state index is -3.79. The first-order valence-electron chi connectivity index (χ1n) is 6.19. The minimum Gasteiger partial charge on any atom is -0.495 e. The molecule has 6 nitrogen and oxygen atoms in total. The number of rotatable bonds is 5. The first-order chi connectivity index (χ1) is 9.96. The van der Waals surface area contributed by atoms with Gasteiger partial charge in [0.1, 0.15) is 10.6 Å². The van der Waals surface area contributed by atoms with Gasteiger partial charge >= 0.3 is 0 Å². The van der Waals surface area contributed by atoms with Crippen molar-refractivity contribution in [3.8, 4) is 5.75 Å². The van der Waals surface area contributed by atoms with Gasteiger partial charge in [-0.3, -0.25) is 9.71 Å². The number of aliphatic hydroxyl groups is 1. The Morgan fingerprint density at radius 2 is 2.05 bits per heavy atom. The molecular weight excluding hydrogens is 292 g/mol. The number of sulfonamides is 1. The van der Waals surface area contributed by atoms with Crippen molar-refractivity contribution < 1.29 is 18.3 Å². The molecule has 0 aliphatic carbocycles. The zero-order valence-electron chi connectivity index (χ0n) is 11.7. The fraction of sp³-hybridized carbons (Fsp3) is 0.214. The molecule has 21 heavy (non-hydrogen) atoms. The van der Waals surface area contributed by atoms with Crippen LogP contribution in [0.2, 0.25) is 0 Å². The van der Waals surface area contributed by atoms with Crippen LogP contribution in [0.5, 0.6) is 5.75 Å². The summed E-state index contributed by atoms with van der Waals surface area (Å²) < 4.78 is 32.3. The van der Waals surface area contributed by atoms with Crippen molar-refractivity contribution in [1.82, 2.24) is 4.98 Å². The van der Waals surface area contributed by atoms with Crippen molar-refractivity contribution in [1.29, 1.82) is 0 Å². The van der Waals surface area contributed by atoms with E-state index in [1.807, 2.05) is 6.92 Å². The minimum absolute atomic E-state index is 0.00257. The molecule has 0 aliphatic rings. The second-order valence-corrected chi connectivity index (χ2v) is 6.09. The number of methoxy groups -OCH3 is 1. The van der Waals surface area contributed by atoms with E-state index in [0.29, 0.717) is 11.3 Å². The van der Waals surface area contributed by atoms with Crippen LogP contribution in [0.1, 0.15) is 11.3 Å². The van der Waals surface area contributed by atoms with Crippen LogP contribution < -0.4 is 9.46 Å². The molecule has 2 rings (SSSR count). The highest BCUT2D eigenvalue weighted by Gasteiger charge is 2.20. The Morgan fingerprint density at radius 1 is 1.29 bits per heavy atom. The molecule has 0 bridgehead atoms. The maximum absolute atomic E-state index is 12.4. The summed E-state index contributed by atoms with van der Waals surface area (Å²) in [6, 6.07) is 7.76. The van der Waals surface area contributed by atoms with Crippen LogP contribution in [0.25, 0.3) is 0 Å². The van der Waals surface area contributed by atoms with Crippen LogP contribution >= 0.6 is 0 Å². The molecular formula is C14H16N2O4S. The lowest BCUT2D eigenvalue weighted by Gasteiger charge is -2.12. The number of aryl methyl sites for hydroxylation is 1. The molecule has 0 radical (unpaired) electrons. The molecule has 0 aliphatic heterocycles. The van der Waals surface area contributed by atoms with Gasteiger partial charge in [-0.1, -0.05) is 6.07 Å². The number of hydrogen-bond donors (Lipinski definition) is 2. The van der Waals surface area contributed by atoms with Crippen molar-refractivity contribution in [2.24, 2.45) is 0 Å². The first kappa shape index (κ1) is 15.3. The number of nitrogens with one attached hydrogen (secondary N) is 1. The molecule has 0 saturated heterocycles. The van der Waals surface area contributed by atoms with Crippen molar-refractivity contribution >= 4 is 15.7 Å². The Morgan fingerprint density at radius 3 is 2.62 bits per heavy atom. The third-order valence-corrected chi connectivity index (χ3v) is 4.28. The van der Waals surface area contributed by atoms with Crippen molar-refractivity contribution in [2.45, 2.75) is 18.4 Å². The number of benzene rings is 1. The number of aromatic nitrogens is 1. The Kier molecular flexibility index (Phi) is 4.44. The lowest BCUT2D eigenvalue weighted by molar-refractivity contribution is 0.280. The summed E-state index contributed by atoms with van der Waals surface area (Å²) in [5.74, 6) is 0.175. The standard InChI is InChI=1S/C14H16N2O4S/c1-10-3-5-12(8-15-10)16-21(18,19)14-6-4-11(9-17)7-13(14)20-2/h3-8,16-17H,9H2,1-2H3. The molecule has 2 aromatic rings. The molecule has 0 unspecified atom stereocenters. The number of hydrogen-bond acceptors (Lipinski definition) is 5. The van der Waals surface area contributed by atoms with E-state index in [4.69, 9.17) is 9.84 Å². The van der Waals surface area contributed by atoms with Crippen molar-refractivity contribution in [2.75, 3.05) is 11.8 Å². The van der Waals surface area contributed by atoms with E-state index >= 15 is 0 Å². The molecule has 2 N–H and O–H groups in total. The number of anilines is 1. The maximum atomic E-state index is 12.4. The molecule has 1 aromatic heterocycles. The number of nitrogens with zero attached hydrogens (tertiary/aromatic N) is 1. The number of aliphatic hydroxyl groups excluding tert-OH is 1. The normalized spacial score (nSPS) is 11.2. The van der Waals surface area contributed by atoms with Crippen LogP contribution in [-0.2, 0) is 16.6 Å². The fourth-order valence-electron chi connectivity index (χ4n) is 1.77. The van der Waals surface area contributed by atoms with Gasteiger partial charge in [-0.15, -0.1) is 0 Å². The van der Waals surface area contributed by atoms with Gasteiger partial charge in [-0.05, 0) is 36.8 Å². The lowest BCUT2D eigenvalue weighted by atomic mass is 10.2. The van der Waals surface area contributed by atoms with Gasteiger partial charge in [-0.25, -0.2) is 8.42 Å². The zero-order valence-corrected chi connectivity index (χ0v) is 12.5. The average Bonchev–Trinajstić information content (AvgIpc) is 2.48. The molecule has 0 spiro atoms. The van der Waals surface area contributed by atoms with E-state index in [1.165, 1.54) is 31.5 Å². The second-order valence-electron chi connectivity index (χ2n) is 4.44. The van der Waals surface area contributed by atoms with E-state index in [2.05, 4.69) is 9.71 Å². The Hall–Kier alpha value is -2.12. The predicted molar refractivity (Wildman–Crippen MR) is 78.7 cm³/mol. The summed E-state index contributed by atoms with van der Waals surface area (Å²) in [6.07, 6.45) is 1.45. The fourth-order valence-corrected chi connectivity index (χ4v) is 2.97. The van der Waals surface area contributed by atoms with E-state index in [0.717, 1.165) is 5.69 Å². The van der Waals surface area contributed by atoms with Crippen molar-refractivity contribution in [3.05, 3.63) is 47.8 Å². The number of pyridine rings is 1. The molecule has 1 aromatic carbocycles. The molecule has 0 fully saturated rings. The largest absolute Gasteiger partial charge is 0.495 e. The predicted octanol–water partition coefficient (Wildman–Crippen LogP) is 1.69. The van der Waals surface area contributed by atoms with E-state index in [1.54, 1.807) is 12.1 Å². The molecule has 7 heteroatoms. The topological polar surface area (TPSA) is 88.5 Å². The van der Waals surface area contributed by atoms with Gasteiger partial charge in [0.25, 0.3) is 10.0 Å². The number of ether oxygens (including phenoxy) is 1. The average molecular weight is 308 g/mol. The molecule has 112 valence electrons. The van der Waals surface area contributed by atoms with Crippen LogP contribution in [0.4, 0.5) is 5.69 Å². The summed E-state index contributed by atoms with van der Waals surface area (Å²) >= 11 is 0. The summed E-state index contributed by atoms with van der Waals surface area (Å²) in [6.45, 7) is 1.63. The van der Waals surface area contributed by atoms with Gasteiger partial charge in [0, 0.05) is 5.69 Å². The van der Waals surface area contributed by atoms with Crippen LogP contribution in [0.15, 0.2) is 41.4 Å². The summed E-state index contributed by atoms with van der Waals surface area (Å²) in [5.41, 5.74) is 1.74. The maximum Gasteiger partial charge on any atom is 0.265 e. The Bertz CT molecular complexity index is 727.